The van der Waals surface area contributed by atoms with Crippen molar-refractivity contribution < 1.29 is 9.59 Å². The van der Waals surface area contributed by atoms with E-state index in [4.69, 9.17) is 0 Å². The molecule has 6 nitrogen and oxygen atoms in total. The fourth-order valence-corrected chi connectivity index (χ4v) is 3.83. The molecule has 0 bridgehead atoms. The van der Waals surface area contributed by atoms with Crippen LogP contribution in [0.5, 0.6) is 0 Å². The molecule has 0 atom stereocenters. The van der Waals surface area contributed by atoms with Gasteiger partial charge < -0.3 is 14.8 Å². The molecule has 2 amide bonds. The van der Waals surface area contributed by atoms with Gasteiger partial charge in [0.25, 0.3) is 5.91 Å². The van der Waals surface area contributed by atoms with Crippen LogP contribution < -0.4 is 5.32 Å². The fourth-order valence-electron chi connectivity index (χ4n) is 3.30. The lowest BCUT2D eigenvalue weighted by Gasteiger charge is -2.31. The van der Waals surface area contributed by atoms with Crippen molar-refractivity contribution in [1.29, 1.82) is 0 Å². The zero-order valence-corrected chi connectivity index (χ0v) is 15.6. The number of carbonyl (C=O) groups excluding carboxylic acids is 2. The van der Waals surface area contributed by atoms with Crippen molar-refractivity contribution in [3.05, 3.63) is 65.9 Å². The minimum Gasteiger partial charge on any atom is -0.339 e. The smallest absolute Gasteiger partial charge is 0.253 e. The van der Waals surface area contributed by atoms with Crippen molar-refractivity contribution in [2.24, 2.45) is 5.92 Å². The van der Waals surface area contributed by atoms with Crippen LogP contribution in [0, 0.1) is 5.92 Å². The van der Waals surface area contributed by atoms with Crippen LogP contribution in [0.2, 0.25) is 0 Å². The molecule has 138 valence electrons. The Bertz CT molecular complexity index is 896. The van der Waals surface area contributed by atoms with Crippen LogP contribution in [0.4, 0.5) is 5.13 Å². The van der Waals surface area contributed by atoms with Crippen molar-refractivity contribution in [2.45, 2.75) is 12.8 Å². The molecular weight excluding hydrogens is 360 g/mol. The number of benzene rings is 1. The number of anilines is 1. The number of hydrogen-bond donors (Lipinski definition) is 1. The van der Waals surface area contributed by atoms with Gasteiger partial charge in [0.1, 0.15) is 0 Å². The number of thiazole rings is 1. The van der Waals surface area contributed by atoms with Gasteiger partial charge in [0.05, 0.1) is 0 Å². The third-order valence-corrected chi connectivity index (χ3v) is 5.52. The van der Waals surface area contributed by atoms with Crippen LogP contribution in [0.3, 0.4) is 0 Å². The molecule has 1 aliphatic heterocycles. The third-order valence-electron chi connectivity index (χ3n) is 4.83. The number of hydrogen-bond acceptors (Lipinski definition) is 4. The zero-order valence-electron chi connectivity index (χ0n) is 14.7. The van der Waals surface area contributed by atoms with Gasteiger partial charge in [0.2, 0.25) is 5.91 Å². The Hall–Kier alpha value is -2.93. The van der Waals surface area contributed by atoms with Gasteiger partial charge in [-0.2, -0.15) is 0 Å². The molecule has 4 rings (SSSR count). The van der Waals surface area contributed by atoms with Gasteiger partial charge in [-0.25, -0.2) is 4.98 Å². The van der Waals surface area contributed by atoms with E-state index in [1.807, 2.05) is 63.6 Å². The van der Waals surface area contributed by atoms with E-state index in [0.29, 0.717) is 36.6 Å². The predicted molar refractivity (Wildman–Crippen MR) is 105 cm³/mol. The van der Waals surface area contributed by atoms with Crippen LogP contribution in [-0.2, 0) is 4.79 Å². The van der Waals surface area contributed by atoms with E-state index < -0.39 is 0 Å². The molecule has 0 unspecified atom stereocenters. The van der Waals surface area contributed by atoms with Gasteiger partial charge in [0, 0.05) is 54.2 Å². The van der Waals surface area contributed by atoms with E-state index in [1.54, 1.807) is 6.20 Å². The third kappa shape index (κ3) is 3.93. The molecule has 27 heavy (non-hydrogen) atoms. The highest BCUT2D eigenvalue weighted by atomic mass is 32.1. The van der Waals surface area contributed by atoms with Crippen molar-refractivity contribution in [3.63, 3.8) is 0 Å². The summed E-state index contributed by atoms with van der Waals surface area (Å²) in [5, 5.41) is 5.31. The number of likely N-dealkylation sites (tertiary alicyclic amines) is 1. The maximum atomic E-state index is 12.7. The number of amides is 2. The summed E-state index contributed by atoms with van der Waals surface area (Å²) in [6.45, 7) is 1.18. The molecule has 3 heterocycles. The second-order valence-corrected chi connectivity index (χ2v) is 7.42. The lowest BCUT2D eigenvalue weighted by molar-refractivity contribution is -0.121. The van der Waals surface area contributed by atoms with Crippen LogP contribution >= 0.6 is 11.3 Å². The number of carbonyl (C=O) groups is 2. The SMILES string of the molecule is O=C(Nc1nccs1)C1CCN(C(=O)c2ccc(-n3cccc3)cc2)CC1. The number of nitrogens with one attached hydrogen (secondary N) is 1. The molecule has 1 aliphatic rings. The van der Waals surface area contributed by atoms with Crippen LogP contribution in [0.25, 0.3) is 5.69 Å². The summed E-state index contributed by atoms with van der Waals surface area (Å²) in [4.78, 5) is 31.0. The average molecular weight is 380 g/mol. The Morgan fingerprint density at radius 1 is 1.07 bits per heavy atom. The number of aromatic nitrogens is 2. The summed E-state index contributed by atoms with van der Waals surface area (Å²) in [7, 11) is 0. The standard InChI is InChI=1S/C20H20N4O2S/c25-18(22-20-21-9-14-27-20)15-7-12-24(13-8-15)19(26)16-3-5-17(6-4-16)23-10-1-2-11-23/h1-6,9-11,14-15H,7-8,12-13H2,(H,21,22,25). The molecule has 0 aliphatic carbocycles. The summed E-state index contributed by atoms with van der Waals surface area (Å²) in [6, 6.07) is 11.5. The van der Waals surface area contributed by atoms with E-state index in [1.165, 1.54) is 11.3 Å². The van der Waals surface area contributed by atoms with E-state index in [2.05, 4.69) is 10.3 Å². The summed E-state index contributed by atoms with van der Waals surface area (Å²) in [5.74, 6) is -0.0602. The summed E-state index contributed by atoms with van der Waals surface area (Å²) < 4.78 is 2.00. The Balaban J connectivity index is 1.33. The van der Waals surface area contributed by atoms with Gasteiger partial charge in [-0.15, -0.1) is 11.3 Å². The highest BCUT2D eigenvalue weighted by Crippen LogP contribution is 2.22. The van der Waals surface area contributed by atoms with Gasteiger partial charge >= 0.3 is 0 Å². The maximum absolute atomic E-state index is 12.7. The van der Waals surface area contributed by atoms with Crippen molar-refractivity contribution >= 4 is 28.3 Å². The van der Waals surface area contributed by atoms with Crippen molar-refractivity contribution in [2.75, 3.05) is 18.4 Å². The second kappa shape index (κ2) is 7.75. The molecule has 3 aromatic rings. The van der Waals surface area contributed by atoms with Crippen molar-refractivity contribution in [3.8, 4) is 5.69 Å². The van der Waals surface area contributed by atoms with Crippen molar-refractivity contribution in [1.82, 2.24) is 14.5 Å². The molecular formula is C20H20N4O2S. The molecule has 1 aromatic carbocycles. The highest BCUT2D eigenvalue weighted by Gasteiger charge is 2.28. The zero-order chi connectivity index (χ0) is 18.6. The monoisotopic (exact) mass is 380 g/mol. The normalized spacial score (nSPS) is 14.9. The van der Waals surface area contributed by atoms with Gasteiger partial charge in [-0.05, 0) is 49.2 Å². The molecule has 1 saturated heterocycles. The summed E-state index contributed by atoms with van der Waals surface area (Å²) in [5.41, 5.74) is 1.70. The van der Waals surface area contributed by atoms with E-state index in [9.17, 15) is 9.59 Å². The van der Waals surface area contributed by atoms with Gasteiger partial charge in [0.15, 0.2) is 5.13 Å². The Morgan fingerprint density at radius 3 is 2.41 bits per heavy atom. The first-order valence-corrected chi connectivity index (χ1v) is 9.82. The predicted octanol–water partition coefficient (Wildman–Crippen LogP) is 3.42. The van der Waals surface area contributed by atoms with E-state index in [0.717, 1.165) is 5.69 Å². The second-order valence-electron chi connectivity index (χ2n) is 6.53. The summed E-state index contributed by atoms with van der Waals surface area (Å²) >= 11 is 1.41. The van der Waals surface area contributed by atoms with E-state index in [-0.39, 0.29) is 17.7 Å². The van der Waals surface area contributed by atoms with Crippen LogP contribution in [-0.4, -0.2) is 39.4 Å². The molecule has 1 fully saturated rings. The average Bonchev–Trinajstić information content (AvgIpc) is 3.42. The fraction of sp³-hybridized carbons (Fsp3) is 0.250. The quantitative estimate of drug-likeness (QED) is 0.754. The van der Waals surface area contributed by atoms with Crippen LogP contribution in [0.15, 0.2) is 60.4 Å². The number of rotatable bonds is 4. The lowest BCUT2D eigenvalue weighted by atomic mass is 9.95. The topological polar surface area (TPSA) is 67.2 Å². The van der Waals surface area contributed by atoms with Crippen LogP contribution in [0.1, 0.15) is 23.2 Å². The molecule has 0 saturated carbocycles. The highest BCUT2D eigenvalue weighted by molar-refractivity contribution is 7.13. The first-order valence-electron chi connectivity index (χ1n) is 8.94. The summed E-state index contributed by atoms with van der Waals surface area (Å²) in [6.07, 6.45) is 6.95. The maximum Gasteiger partial charge on any atom is 0.253 e. The minimum atomic E-state index is -0.0749. The van der Waals surface area contributed by atoms with Gasteiger partial charge in [-0.3, -0.25) is 9.59 Å². The molecule has 2 aromatic heterocycles. The Kier molecular flexibility index (Phi) is 5.02. The number of nitrogens with zero attached hydrogens (tertiary/aromatic N) is 3. The number of piperidine rings is 1. The molecule has 1 N–H and O–H groups in total. The Labute approximate surface area is 161 Å². The first kappa shape index (κ1) is 17.5. The van der Waals surface area contributed by atoms with Gasteiger partial charge in [-0.1, -0.05) is 0 Å². The minimum absolute atomic E-state index is 0.00637. The molecule has 7 heteroatoms. The largest absolute Gasteiger partial charge is 0.339 e. The Morgan fingerprint density at radius 2 is 1.78 bits per heavy atom. The molecule has 0 radical (unpaired) electrons. The van der Waals surface area contributed by atoms with E-state index >= 15 is 0 Å². The first-order chi connectivity index (χ1) is 13.2. The molecule has 0 spiro atoms. The lowest BCUT2D eigenvalue weighted by Crippen LogP contribution is -2.41.